The van der Waals surface area contributed by atoms with Crippen LogP contribution in [0.15, 0.2) is 24.3 Å². The number of benzene rings is 1. The van der Waals surface area contributed by atoms with E-state index in [0.29, 0.717) is 36.9 Å². The van der Waals surface area contributed by atoms with Crippen molar-refractivity contribution >= 4 is 15.7 Å². The van der Waals surface area contributed by atoms with Gasteiger partial charge in [-0.3, -0.25) is 4.72 Å². The number of ether oxygens (including phenoxy) is 1. The molecule has 1 rings (SSSR count). The van der Waals surface area contributed by atoms with E-state index in [4.69, 9.17) is 10.5 Å². The maximum atomic E-state index is 11.9. The zero-order chi connectivity index (χ0) is 14.3. The quantitative estimate of drug-likeness (QED) is 0.763. The molecule has 0 saturated heterocycles. The number of hydrogen-bond acceptors (Lipinski definition) is 4. The van der Waals surface area contributed by atoms with Crippen LogP contribution in [-0.4, -0.2) is 27.3 Å². The van der Waals surface area contributed by atoms with Gasteiger partial charge in [-0.15, -0.1) is 0 Å². The first-order valence-corrected chi connectivity index (χ1v) is 8.01. The summed E-state index contributed by atoms with van der Waals surface area (Å²) in [6.07, 6.45) is 0.638. The SMILES string of the molecule is CC(C)CCS(=O)(=O)Nc1cccc(OCCN)c1. The average Bonchev–Trinajstić information content (AvgIpc) is 2.34. The van der Waals surface area contributed by atoms with Crippen molar-refractivity contribution in [3.05, 3.63) is 24.3 Å². The molecule has 0 atom stereocenters. The van der Waals surface area contributed by atoms with Crippen LogP contribution in [0.1, 0.15) is 20.3 Å². The third kappa shape index (κ3) is 6.45. The molecule has 1 aromatic carbocycles. The largest absolute Gasteiger partial charge is 0.492 e. The minimum absolute atomic E-state index is 0.124. The minimum atomic E-state index is -3.30. The Labute approximate surface area is 115 Å². The van der Waals surface area contributed by atoms with Gasteiger partial charge in [0.05, 0.1) is 11.4 Å². The molecule has 0 amide bonds. The van der Waals surface area contributed by atoms with Gasteiger partial charge in [0.25, 0.3) is 0 Å². The van der Waals surface area contributed by atoms with Gasteiger partial charge in [-0.2, -0.15) is 0 Å². The van der Waals surface area contributed by atoms with Crippen LogP contribution in [0.3, 0.4) is 0 Å². The maximum Gasteiger partial charge on any atom is 0.232 e. The molecule has 0 unspecified atom stereocenters. The van der Waals surface area contributed by atoms with E-state index >= 15 is 0 Å². The van der Waals surface area contributed by atoms with Crippen molar-refractivity contribution < 1.29 is 13.2 Å². The number of anilines is 1. The molecule has 0 heterocycles. The molecule has 6 heteroatoms. The van der Waals surface area contributed by atoms with Crippen molar-refractivity contribution in [1.29, 1.82) is 0 Å². The van der Waals surface area contributed by atoms with Crippen molar-refractivity contribution in [2.24, 2.45) is 11.7 Å². The summed E-state index contributed by atoms with van der Waals surface area (Å²) in [5.41, 5.74) is 5.86. The van der Waals surface area contributed by atoms with Gasteiger partial charge < -0.3 is 10.5 Å². The summed E-state index contributed by atoms with van der Waals surface area (Å²) in [5.74, 6) is 1.09. The lowest BCUT2D eigenvalue weighted by atomic mass is 10.2. The van der Waals surface area contributed by atoms with Crippen LogP contribution < -0.4 is 15.2 Å². The van der Waals surface area contributed by atoms with Gasteiger partial charge in [-0.05, 0) is 24.5 Å². The van der Waals surface area contributed by atoms with Gasteiger partial charge in [0.2, 0.25) is 10.0 Å². The Balaban J connectivity index is 2.65. The van der Waals surface area contributed by atoms with Gasteiger partial charge in [0.1, 0.15) is 12.4 Å². The van der Waals surface area contributed by atoms with Crippen LogP contribution in [0.5, 0.6) is 5.75 Å². The van der Waals surface area contributed by atoms with Crippen molar-refractivity contribution in [3.63, 3.8) is 0 Å². The Bertz CT molecular complexity index is 486. The normalized spacial score (nSPS) is 11.6. The van der Waals surface area contributed by atoms with Gasteiger partial charge in [-0.25, -0.2) is 8.42 Å². The second kappa shape index (κ2) is 7.35. The smallest absolute Gasteiger partial charge is 0.232 e. The van der Waals surface area contributed by atoms with Gasteiger partial charge >= 0.3 is 0 Å². The van der Waals surface area contributed by atoms with E-state index in [2.05, 4.69) is 4.72 Å². The molecule has 0 aliphatic heterocycles. The lowest BCUT2D eigenvalue weighted by Gasteiger charge is -2.11. The second-order valence-corrected chi connectivity index (χ2v) is 6.61. The summed E-state index contributed by atoms with van der Waals surface area (Å²) in [6, 6.07) is 6.86. The highest BCUT2D eigenvalue weighted by Crippen LogP contribution is 2.18. The Hall–Kier alpha value is -1.27. The van der Waals surface area contributed by atoms with Crippen LogP contribution in [0.2, 0.25) is 0 Å². The van der Waals surface area contributed by atoms with E-state index in [0.717, 1.165) is 0 Å². The fourth-order valence-corrected chi connectivity index (χ4v) is 2.82. The molecular weight excluding hydrogens is 264 g/mol. The van der Waals surface area contributed by atoms with Crippen LogP contribution >= 0.6 is 0 Å². The number of rotatable bonds is 8. The van der Waals surface area contributed by atoms with E-state index in [-0.39, 0.29) is 5.75 Å². The van der Waals surface area contributed by atoms with Gasteiger partial charge in [0.15, 0.2) is 0 Å². The minimum Gasteiger partial charge on any atom is -0.492 e. The first-order chi connectivity index (χ1) is 8.93. The molecule has 0 saturated carbocycles. The molecule has 0 bridgehead atoms. The summed E-state index contributed by atoms with van der Waals surface area (Å²) in [5, 5.41) is 0. The van der Waals surface area contributed by atoms with Gasteiger partial charge in [0, 0.05) is 12.6 Å². The lowest BCUT2D eigenvalue weighted by Crippen LogP contribution is -2.18. The van der Waals surface area contributed by atoms with Crippen LogP contribution in [0, 0.1) is 5.92 Å². The van der Waals surface area contributed by atoms with E-state index < -0.39 is 10.0 Å². The summed E-state index contributed by atoms with van der Waals surface area (Å²) in [6.45, 7) is 4.82. The number of nitrogens with one attached hydrogen (secondary N) is 1. The van der Waals surface area contributed by atoms with Gasteiger partial charge in [-0.1, -0.05) is 19.9 Å². The molecule has 5 nitrogen and oxygen atoms in total. The third-order valence-electron chi connectivity index (χ3n) is 2.46. The molecule has 0 aromatic heterocycles. The van der Waals surface area contributed by atoms with E-state index in [1.165, 1.54) is 0 Å². The summed E-state index contributed by atoms with van der Waals surface area (Å²) >= 11 is 0. The fraction of sp³-hybridized carbons (Fsp3) is 0.538. The van der Waals surface area contributed by atoms with Crippen LogP contribution in [0.4, 0.5) is 5.69 Å². The standard InChI is InChI=1S/C13H22N2O3S/c1-11(2)6-9-19(16,17)15-12-4-3-5-13(10-12)18-8-7-14/h3-5,10-11,15H,6-9,14H2,1-2H3. The molecule has 19 heavy (non-hydrogen) atoms. The van der Waals surface area contributed by atoms with E-state index in [1.54, 1.807) is 24.3 Å². The number of hydrogen-bond donors (Lipinski definition) is 2. The molecule has 0 spiro atoms. The van der Waals surface area contributed by atoms with Crippen LogP contribution in [-0.2, 0) is 10.0 Å². The van der Waals surface area contributed by atoms with E-state index in [1.807, 2.05) is 13.8 Å². The lowest BCUT2D eigenvalue weighted by molar-refractivity contribution is 0.328. The van der Waals surface area contributed by atoms with E-state index in [9.17, 15) is 8.42 Å². The predicted octanol–water partition coefficient (Wildman–Crippen LogP) is 1.81. The highest BCUT2D eigenvalue weighted by atomic mass is 32.2. The molecule has 3 N–H and O–H groups in total. The Kier molecular flexibility index (Phi) is 6.11. The molecule has 1 aromatic rings. The van der Waals surface area contributed by atoms with Crippen molar-refractivity contribution in [3.8, 4) is 5.75 Å². The highest BCUT2D eigenvalue weighted by Gasteiger charge is 2.11. The molecule has 0 aliphatic rings. The first-order valence-electron chi connectivity index (χ1n) is 6.36. The Morgan fingerprint density at radius 2 is 2.11 bits per heavy atom. The maximum absolute atomic E-state index is 11.9. The zero-order valence-corrected chi connectivity index (χ0v) is 12.2. The fourth-order valence-electron chi connectivity index (χ4n) is 1.45. The molecule has 0 aliphatic carbocycles. The second-order valence-electron chi connectivity index (χ2n) is 4.77. The Morgan fingerprint density at radius 1 is 1.37 bits per heavy atom. The molecule has 108 valence electrons. The summed E-state index contributed by atoms with van der Waals surface area (Å²) in [7, 11) is -3.30. The average molecular weight is 286 g/mol. The number of sulfonamides is 1. The number of nitrogens with two attached hydrogens (primary N) is 1. The Morgan fingerprint density at radius 3 is 2.74 bits per heavy atom. The van der Waals surface area contributed by atoms with Crippen molar-refractivity contribution in [2.45, 2.75) is 20.3 Å². The topological polar surface area (TPSA) is 81.4 Å². The van der Waals surface area contributed by atoms with Crippen LogP contribution in [0.25, 0.3) is 0 Å². The van der Waals surface area contributed by atoms with Crippen molar-refractivity contribution in [2.75, 3.05) is 23.6 Å². The zero-order valence-electron chi connectivity index (χ0n) is 11.4. The monoisotopic (exact) mass is 286 g/mol. The predicted molar refractivity (Wildman–Crippen MR) is 77.9 cm³/mol. The van der Waals surface area contributed by atoms with Crippen molar-refractivity contribution in [1.82, 2.24) is 0 Å². The first kappa shape index (κ1) is 15.8. The highest BCUT2D eigenvalue weighted by molar-refractivity contribution is 7.92. The molecular formula is C13H22N2O3S. The summed E-state index contributed by atoms with van der Waals surface area (Å²) in [4.78, 5) is 0. The summed E-state index contributed by atoms with van der Waals surface area (Å²) < 4.78 is 31.6. The molecule has 0 fully saturated rings. The molecule has 0 radical (unpaired) electrons. The third-order valence-corrected chi connectivity index (χ3v) is 3.78.